The molecule has 0 radical (unpaired) electrons. The monoisotopic (exact) mass is 336 g/mol. The summed E-state index contributed by atoms with van der Waals surface area (Å²) in [5, 5.41) is 6.01. The van der Waals surface area contributed by atoms with Crippen molar-refractivity contribution in [3.63, 3.8) is 0 Å². The molecule has 0 aliphatic heterocycles. The van der Waals surface area contributed by atoms with Crippen molar-refractivity contribution in [2.45, 2.75) is 6.54 Å². The van der Waals surface area contributed by atoms with Gasteiger partial charge >= 0.3 is 0 Å². The van der Waals surface area contributed by atoms with Crippen molar-refractivity contribution in [1.82, 2.24) is 9.97 Å². The quantitative estimate of drug-likeness (QED) is 0.545. The van der Waals surface area contributed by atoms with Gasteiger partial charge in [0, 0.05) is 11.9 Å². The Kier molecular flexibility index (Phi) is 3.55. The van der Waals surface area contributed by atoms with Gasteiger partial charge in [-0.1, -0.05) is 6.07 Å². The van der Waals surface area contributed by atoms with Crippen LogP contribution in [0.25, 0.3) is 10.2 Å². The largest absolute Gasteiger partial charge is 0.374 e. The molecule has 6 nitrogen and oxygen atoms in total. The normalized spacial score (nSPS) is 11.0. The lowest BCUT2D eigenvalue weighted by Crippen LogP contribution is -2.36. The maximum Gasteiger partial charge on any atom is 0.253 e. The van der Waals surface area contributed by atoms with E-state index in [1.54, 1.807) is 23.0 Å². The van der Waals surface area contributed by atoms with E-state index in [4.69, 9.17) is 0 Å². The number of thiazole rings is 1. The van der Waals surface area contributed by atoms with Gasteiger partial charge in [0.1, 0.15) is 11.4 Å². The van der Waals surface area contributed by atoms with Crippen LogP contribution in [0, 0.1) is 0 Å². The van der Waals surface area contributed by atoms with Gasteiger partial charge in [-0.3, -0.25) is 14.6 Å². The van der Waals surface area contributed by atoms with Gasteiger partial charge in [-0.15, -0.1) is 11.3 Å². The van der Waals surface area contributed by atoms with E-state index < -0.39 is 10.9 Å². The minimum atomic E-state index is -0.517. The molecule has 2 heterocycles. The Morgan fingerprint density at radius 1 is 1.00 bits per heavy atom. The van der Waals surface area contributed by atoms with Crippen molar-refractivity contribution in [1.29, 1.82) is 0 Å². The summed E-state index contributed by atoms with van der Waals surface area (Å²) in [5.74, 6) is 0. The summed E-state index contributed by atoms with van der Waals surface area (Å²) in [6.45, 7) is 0.380. The molecule has 0 saturated heterocycles. The summed E-state index contributed by atoms with van der Waals surface area (Å²) in [6, 6.07) is 11.2. The van der Waals surface area contributed by atoms with Crippen LogP contribution in [0.4, 0.5) is 17.1 Å². The zero-order valence-electron chi connectivity index (χ0n) is 12.4. The van der Waals surface area contributed by atoms with Gasteiger partial charge < -0.3 is 10.6 Å². The molecule has 0 aliphatic rings. The number of aromatic nitrogens is 2. The van der Waals surface area contributed by atoms with Gasteiger partial charge in [0.25, 0.3) is 10.9 Å². The average Bonchev–Trinajstić information content (AvgIpc) is 3.09. The maximum absolute atomic E-state index is 11.9. The van der Waals surface area contributed by atoms with Crippen LogP contribution in [0.15, 0.2) is 57.7 Å². The number of anilines is 3. The molecule has 0 spiro atoms. The van der Waals surface area contributed by atoms with Crippen molar-refractivity contribution < 1.29 is 0 Å². The highest BCUT2D eigenvalue weighted by Gasteiger charge is 2.21. The third-order valence-electron chi connectivity index (χ3n) is 3.68. The molecule has 0 atom stereocenters. The van der Waals surface area contributed by atoms with Gasteiger partial charge in [-0.05, 0) is 30.3 Å². The van der Waals surface area contributed by atoms with E-state index >= 15 is 0 Å². The van der Waals surface area contributed by atoms with E-state index in [0.717, 1.165) is 21.6 Å². The lowest BCUT2D eigenvalue weighted by atomic mass is 10.1. The molecule has 118 valence electrons. The van der Waals surface area contributed by atoms with E-state index in [9.17, 15) is 9.59 Å². The van der Waals surface area contributed by atoms with Crippen molar-refractivity contribution in [2.75, 3.05) is 10.6 Å². The highest BCUT2D eigenvalue weighted by molar-refractivity contribution is 7.16. The molecule has 7 heteroatoms. The summed E-state index contributed by atoms with van der Waals surface area (Å²) >= 11 is 1.55. The predicted octanol–water partition coefficient (Wildman–Crippen LogP) is 2.64. The third kappa shape index (κ3) is 2.55. The summed E-state index contributed by atoms with van der Waals surface area (Å²) in [4.78, 5) is 32.1. The second-order valence-electron chi connectivity index (χ2n) is 5.24. The number of pyridine rings is 1. The summed E-state index contributed by atoms with van der Waals surface area (Å²) in [7, 11) is 0. The van der Waals surface area contributed by atoms with E-state index in [1.165, 1.54) is 0 Å². The van der Waals surface area contributed by atoms with E-state index in [-0.39, 0.29) is 5.69 Å². The lowest BCUT2D eigenvalue weighted by molar-refractivity contribution is 1.04. The van der Waals surface area contributed by atoms with Gasteiger partial charge in [0.05, 0.1) is 28.0 Å². The molecule has 0 aliphatic carbocycles. The minimum Gasteiger partial charge on any atom is -0.374 e. The fourth-order valence-electron chi connectivity index (χ4n) is 2.44. The van der Waals surface area contributed by atoms with Gasteiger partial charge in [0.2, 0.25) is 0 Å². The average molecular weight is 336 g/mol. The van der Waals surface area contributed by atoms with E-state index in [2.05, 4.69) is 20.6 Å². The molecule has 2 N–H and O–H groups in total. The number of hydrogen-bond donors (Lipinski definition) is 2. The summed E-state index contributed by atoms with van der Waals surface area (Å²) in [5.41, 5.74) is 3.69. The molecule has 0 amide bonds. The lowest BCUT2D eigenvalue weighted by Gasteiger charge is -2.14. The summed E-state index contributed by atoms with van der Waals surface area (Å²) in [6.07, 6.45) is 1.68. The molecule has 2 aromatic carbocycles. The van der Waals surface area contributed by atoms with Crippen molar-refractivity contribution in [3.05, 3.63) is 74.2 Å². The third-order valence-corrected chi connectivity index (χ3v) is 4.49. The first kappa shape index (κ1) is 14.5. The van der Waals surface area contributed by atoms with Crippen LogP contribution in [-0.2, 0) is 6.54 Å². The smallest absolute Gasteiger partial charge is 0.253 e. The molecule has 0 bridgehead atoms. The van der Waals surface area contributed by atoms with Crippen molar-refractivity contribution in [3.8, 4) is 0 Å². The van der Waals surface area contributed by atoms with Crippen LogP contribution in [0.2, 0.25) is 0 Å². The molecule has 4 aromatic rings. The first-order valence-corrected chi connectivity index (χ1v) is 8.18. The van der Waals surface area contributed by atoms with Crippen LogP contribution < -0.4 is 21.5 Å². The zero-order chi connectivity index (χ0) is 16.5. The highest BCUT2D eigenvalue weighted by atomic mass is 32.1. The van der Waals surface area contributed by atoms with Crippen LogP contribution in [0.3, 0.4) is 0 Å². The Hall–Kier alpha value is -3.06. The van der Waals surface area contributed by atoms with Gasteiger partial charge in [0.15, 0.2) is 0 Å². The SMILES string of the molecule is O=c1c(NCc2ccccn2)c(Nc2ccc3scnc3c2)c1=O. The van der Waals surface area contributed by atoms with Crippen LogP contribution in [-0.4, -0.2) is 9.97 Å². The van der Waals surface area contributed by atoms with Crippen LogP contribution in [0.1, 0.15) is 5.69 Å². The first-order chi connectivity index (χ1) is 11.7. The number of fused-ring (bicyclic) bond motifs is 1. The van der Waals surface area contributed by atoms with Gasteiger partial charge in [-0.2, -0.15) is 0 Å². The Bertz CT molecular complexity index is 1080. The van der Waals surface area contributed by atoms with E-state index in [0.29, 0.717) is 12.2 Å². The first-order valence-electron chi connectivity index (χ1n) is 7.30. The molecule has 0 unspecified atom stereocenters. The molecule has 24 heavy (non-hydrogen) atoms. The second-order valence-corrected chi connectivity index (χ2v) is 6.13. The van der Waals surface area contributed by atoms with Crippen molar-refractivity contribution >= 4 is 38.6 Å². The van der Waals surface area contributed by atoms with E-state index in [1.807, 2.05) is 36.4 Å². The molecular formula is C17H12N4O2S. The fourth-order valence-corrected chi connectivity index (χ4v) is 3.10. The van der Waals surface area contributed by atoms with Gasteiger partial charge in [-0.25, -0.2) is 4.98 Å². The fraction of sp³-hybridized carbons (Fsp3) is 0.0588. The second kappa shape index (κ2) is 5.86. The Labute approximate surface area is 140 Å². The molecule has 0 saturated carbocycles. The number of benzene rings is 1. The molecule has 2 aromatic heterocycles. The predicted molar refractivity (Wildman–Crippen MR) is 95.8 cm³/mol. The summed E-state index contributed by atoms with van der Waals surface area (Å²) < 4.78 is 1.07. The maximum atomic E-state index is 11.9. The van der Waals surface area contributed by atoms with Crippen molar-refractivity contribution in [2.24, 2.45) is 0 Å². The minimum absolute atomic E-state index is 0.283. The number of rotatable bonds is 5. The Morgan fingerprint density at radius 3 is 2.71 bits per heavy atom. The number of nitrogens with one attached hydrogen (secondary N) is 2. The molecule has 4 rings (SSSR count). The Balaban J connectivity index is 1.56. The standard InChI is InChI=1S/C17H12N4O2S/c22-16-14(19-8-11-3-1-2-6-18-11)15(17(16)23)21-10-4-5-13-12(7-10)20-9-24-13/h1-7,9,19,21H,8H2. The highest BCUT2D eigenvalue weighted by Crippen LogP contribution is 2.25. The zero-order valence-corrected chi connectivity index (χ0v) is 13.3. The molecular weight excluding hydrogens is 324 g/mol. The molecule has 0 fully saturated rings. The van der Waals surface area contributed by atoms with Crippen LogP contribution >= 0.6 is 11.3 Å². The van der Waals surface area contributed by atoms with Crippen LogP contribution in [0.5, 0.6) is 0 Å². The number of nitrogens with zero attached hydrogens (tertiary/aromatic N) is 2. The topological polar surface area (TPSA) is 84.0 Å². The number of hydrogen-bond acceptors (Lipinski definition) is 7. The Morgan fingerprint density at radius 2 is 1.88 bits per heavy atom.